The maximum Gasteiger partial charge on any atom is 0.416 e. The lowest BCUT2D eigenvalue weighted by atomic mass is 10.1. The molecule has 7 nitrogen and oxygen atoms in total. The van der Waals surface area contributed by atoms with Gasteiger partial charge in [0.05, 0.1) is 10.5 Å². The van der Waals surface area contributed by atoms with Gasteiger partial charge in [0.2, 0.25) is 0 Å². The van der Waals surface area contributed by atoms with Crippen LogP contribution in [-0.4, -0.2) is 16.0 Å². The fourth-order valence-corrected chi connectivity index (χ4v) is 1.67. The third-order valence-corrected chi connectivity index (χ3v) is 2.69. The quantitative estimate of drug-likeness (QED) is 0.693. The first-order valence-corrected chi connectivity index (χ1v) is 5.79. The Morgan fingerprint density at radius 1 is 1.41 bits per heavy atom. The van der Waals surface area contributed by atoms with E-state index in [1.807, 2.05) is 5.32 Å². The number of anilines is 1. The van der Waals surface area contributed by atoms with E-state index in [1.165, 1.54) is 6.92 Å². The van der Waals surface area contributed by atoms with Crippen LogP contribution in [0.3, 0.4) is 0 Å². The summed E-state index contributed by atoms with van der Waals surface area (Å²) in [5.41, 5.74) is -1.95. The standard InChI is InChI=1S/C12H8F3N3O4/c1-6-9(18(20)21)11(22-17-6)16-10(19)7-3-2-4-8(5-7)12(13,14)15/h2-5H,1H3,(H,16,19). The van der Waals surface area contributed by atoms with E-state index in [0.29, 0.717) is 6.07 Å². The normalized spacial score (nSPS) is 11.3. The van der Waals surface area contributed by atoms with Gasteiger partial charge in [-0.1, -0.05) is 11.2 Å². The highest BCUT2D eigenvalue weighted by atomic mass is 19.4. The van der Waals surface area contributed by atoms with Crippen LogP contribution in [0.4, 0.5) is 24.7 Å². The number of rotatable bonds is 3. The summed E-state index contributed by atoms with van der Waals surface area (Å²) in [6.45, 7) is 1.29. The Bertz CT molecular complexity index is 739. The Labute approximate surface area is 120 Å². The van der Waals surface area contributed by atoms with Gasteiger partial charge in [-0.25, -0.2) is 0 Å². The molecule has 1 heterocycles. The van der Waals surface area contributed by atoms with Crippen LogP contribution in [0, 0.1) is 17.0 Å². The Morgan fingerprint density at radius 3 is 2.68 bits per heavy atom. The van der Waals surface area contributed by atoms with Crippen molar-refractivity contribution in [1.29, 1.82) is 0 Å². The number of aryl methyl sites for hydroxylation is 1. The zero-order valence-corrected chi connectivity index (χ0v) is 11.0. The lowest BCUT2D eigenvalue weighted by Crippen LogP contribution is -2.14. The summed E-state index contributed by atoms with van der Waals surface area (Å²) < 4.78 is 42.3. The molecule has 2 rings (SSSR count). The molecule has 1 aromatic carbocycles. The van der Waals surface area contributed by atoms with E-state index in [0.717, 1.165) is 18.2 Å². The topological polar surface area (TPSA) is 98.3 Å². The van der Waals surface area contributed by atoms with Gasteiger partial charge in [-0.05, 0) is 25.1 Å². The monoisotopic (exact) mass is 315 g/mol. The third-order valence-electron chi connectivity index (χ3n) is 2.69. The molecule has 1 aromatic heterocycles. The number of benzene rings is 1. The van der Waals surface area contributed by atoms with E-state index >= 15 is 0 Å². The number of carbonyl (C=O) groups excluding carboxylic acids is 1. The average Bonchev–Trinajstić information content (AvgIpc) is 2.79. The summed E-state index contributed by atoms with van der Waals surface area (Å²) in [6, 6.07) is 3.62. The van der Waals surface area contributed by atoms with Gasteiger partial charge in [0.25, 0.3) is 5.91 Å². The van der Waals surface area contributed by atoms with E-state index in [-0.39, 0.29) is 11.3 Å². The first-order valence-electron chi connectivity index (χ1n) is 5.79. The van der Waals surface area contributed by atoms with E-state index < -0.39 is 34.1 Å². The van der Waals surface area contributed by atoms with E-state index in [2.05, 4.69) is 9.68 Å². The van der Waals surface area contributed by atoms with Crippen molar-refractivity contribution < 1.29 is 27.4 Å². The van der Waals surface area contributed by atoms with Crippen molar-refractivity contribution in [3.63, 3.8) is 0 Å². The molecule has 0 fully saturated rings. The second-order valence-corrected chi connectivity index (χ2v) is 4.24. The summed E-state index contributed by atoms with van der Waals surface area (Å²) in [7, 11) is 0. The first-order chi connectivity index (χ1) is 10.2. The molecular formula is C12H8F3N3O4. The van der Waals surface area contributed by atoms with Gasteiger partial charge < -0.3 is 4.52 Å². The molecule has 22 heavy (non-hydrogen) atoms. The van der Waals surface area contributed by atoms with Gasteiger partial charge in [-0.3, -0.25) is 20.2 Å². The average molecular weight is 315 g/mol. The number of aromatic nitrogens is 1. The minimum absolute atomic E-state index is 0.0654. The maximum atomic E-state index is 12.6. The molecule has 0 unspecified atom stereocenters. The Hall–Kier alpha value is -2.91. The molecule has 1 N–H and O–H groups in total. The van der Waals surface area contributed by atoms with Crippen molar-refractivity contribution in [3.8, 4) is 0 Å². The summed E-state index contributed by atoms with van der Waals surface area (Å²) in [4.78, 5) is 21.9. The molecule has 0 radical (unpaired) electrons. The van der Waals surface area contributed by atoms with Crippen molar-refractivity contribution in [1.82, 2.24) is 5.16 Å². The van der Waals surface area contributed by atoms with Crippen molar-refractivity contribution in [2.45, 2.75) is 13.1 Å². The van der Waals surface area contributed by atoms with Crippen LogP contribution in [0.2, 0.25) is 0 Å². The number of hydrogen-bond acceptors (Lipinski definition) is 5. The predicted octanol–water partition coefficient (Wildman–Crippen LogP) is 3.16. The number of halogens is 3. The van der Waals surface area contributed by atoms with Crippen molar-refractivity contribution in [2.75, 3.05) is 5.32 Å². The van der Waals surface area contributed by atoms with Crippen LogP contribution >= 0.6 is 0 Å². The molecule has 0 aliphatic carbocycles. The summed E-state index contributed by atoms with van der Waals surface area (Å²) in [6.07, 6.45) is -4.61. The number of hydrogen-bond donors (Lipinski definition) is 1. The zero-order chi connectivity index (χ0) is 16.5. The highest BCUT2D eigenvalue weighted by Crippen LogP contribution is 2.31. The van der Waals surface area contributed by atoms with Gasteiger partial charge in [0.1, 0.15) is 0 Å². The Balaban J connectivity index is 2.29. The van der Waals surface area contributed by atoms with Crippen LogP contribution in [0.1, 0.15) is 21.6 Å². The molecule has 10 heteroatoms. The molecule has 0 spiro atoms. The Morgan fingerprint density at radius 2 is 2.09 bits per heavy atom. The van der Waals surface area contributed by atoms with Gasteiger partial charge in [0, 0.05) is 5.56 Å². The summed E-state index contributed by atoms with van der Waals surface area (Å²) in [5, 5.41) is 16.2. The molecule has 0 saturated carbocycles. The van der Waals surface area contributed by atoms with E-state index in [1.54, 1.807) is 0 Å². The van der Waals surface area contributed by atoms with Gasteiger partial charge in [-0.2, -0.15) is 13.2 Å². The number of nitro groups is 1. The smallest absolute Gasteiger partial charge is 0.330 e. The number of nitrogens with one attached hydrogen (secondary N) is 1. The van der Waals surface area contributed by atoms with Crippen LogP contribution < -0.4 is 5.32 Å². The van der Waals surface area contributed by atoms with Crippen LogP contribution in [0.25, 0.3) is 0 Å². The minimum atomic E-state index is -4.61. The third kappa shape index (κ3) is 3.05. The second kappa shape index (κ2) is 5.47. The van der Waals surface area contributed by atoms with E-state index in [4.69, 9.17) is 0 Å². The lowest BCUT2D eigenvalue weighted by Gasteiger charge is -2.08. The maximum absolute atomic E-state index is 12.6. The van der Waals surface area contributed by atoms with Crippen LogP contribution in [0.15, 0.2) is 28.8 Å². The fourth-order valence-electron chi connectivity index (χ4n) is 1.67. The van der Waals surface area contributed by atoms with Gasteiger partial charge in [0.15, 0.2) is 5.69 Å². The number of amides is 1. The second-order valence-electron chi connectivity index (χ2n) is 4.24. The molecule has 0 saturated heterocycles. The predicted molar refractivity (Wildman–Crippen MR) is 67.3 cm³/mol. The highest BCUT2D eigenvalue weighted by Gasteiger charge is 2.31. The molecule has 0 bridgehead atoms. The largest absolute Gasteiger partial charge is 0.416 e. The van der Waals surface area contributed by atoms with Crippen LogP contribution in [-0.2, 0) is 6.18 Å². The highest BCUT2D eigenvalue weighted by molar-refractivity contribution is 6.04. The fraction of sp³-hybridized carbons (Fsp3) is 0.167. The van der Waals surface area contributed by atoms with Crippen molar-refractivity contribution >= 4 is 17.5 Å². The molecular weight excluding hydrogens is 307 g/mol. The summed E-state index contributed by atoms with van der Waals surface area (Å²) >= 11 is 0. The summed E-state index contributed by atoms with van der Waals surface area (Å²) in [5.74, 6) is -1.52. The SMILES string of the molecule is Cc1noc(NC(=O)c2cccc(C(F)(F)F)c2)c1[N+](=O)[O-]. The number of alkyl halides is 3. The molecule has 0 atom stereocenters. The lowest BCUT2D eigenvalue weighted by molar-refractivity contribution is -0.384. The molecule has 116 valence electrons. The zero-order valence-electron chi connectivity index (χ0n) is 11.0. The molecule has 1 amide bonds. The molecule has 0 aliphatic rings. The molecule has 0 aliphatic heterocycles. The Kier molecular flexibility index (Phi) is 3.85. The number of carbonyl (C=O) groups is 1. The van der Waals surface area contributed by atoms with Crippen molar-refractivity contribution in [3.05, 3.63) is 51.2 Å². The number of nitrogens with zero attached hydrogens (tertiary/aromatic N) is 2. The van der Waals surface area contributed by atoms with E-state index in [9.17, 15) is 28.1 Å². The first kappa shape index (κ1) is 15.5. The van der Waals surface area contributed by atoms with Gasteiger partial charge in [-0.15, -0.1) is 0 Å². The molecule has 2 aromatic rings. The van der Waals surface area contributed by atoms with Gasteiger partial charge >= 0.3 is 17.7 Å². The van der Waals surface area contributed by atoms with Crippen molar-refractivity contribution in [2.24, 2.45) is 0 Å². The minimum Gasteiger partial charge on any atom is -0.330 e. The van der Waals surface area contributed by atoms with Crippen LogP contribution in [0.5, 0.6) is 0 Å².